The van der Waals surface area contributed by atoms with Crippen molar-refractivity contribution in [3.63, 3.8) is 0 Å². The van der Waals surface area contributed by atoms with Crippen molar-refractivity contribution in [1.29, 1.82) is 0 Å². The van der Waals surface area contributed by atoms with E-state index in [-0.39, 0.29) is 109 Å². The molecular formula is C4H10K2O6S3. The van der Waals surface area contributed by atoms with Crippen molar-refractivity contribution in [1.82, 2.24) is 0 Å². The van der Waals surface area contributed by atoms with Crippen LogP contribution in [0.2, 0.25) is 0 Å². The maximum absolute atomic E-state index is 9.80. The fourth-order valence-electron chi connectivity index (χ4n) is 0.241. The summed E-state index contributed by atoms with van der Waals surface area (Å²) in [6.07, 6.45) is 0.946. The van der Waals surface area contributed by atoms with Crippen LogP contribution in [0.1, 0.15) is 6.42 Å². The van der Waals surface area contributed by atoms with Crippen LogP contribution in [0.3, 0.4) is 0 Å². The van der Waals surface area contributed by atoms with E-state index in [0.717, 1.165) is 0 Å². The number of hydrogen-bond donors (Lipinski definition) is 1. The van der Waals surface area contributed by atoms with Crippen LogP contribution in [0.25, 0.3) is 0 Å². The summed E-state index contributed by atoms with van der Waals surface area (Å²) in [5.41, 5.74) is 0. The molecule has 0 spiro atoms. The fourth-order valence-corrected chi connectivity index (χ4v) is 1.11. The summed E-state index contributed by atoms with van der Waals surface area (Å²) in [5, 5.41) is 0. The van der Waals surface area contributed by atoms with Crippen LogP contribution in [-0.2, 0) is 20.2 Å². The molecule has 0 rings (SSSR count). The van der Waals surface area contributed by atoms with Crippen LogP contribution >= 0.6 is 12.6 Å². The molecule has 0 fully saturated rings. The standard InChI is InChI=1S/C3H8O3S2.CH4O3S.2K/c4-8(5,6)3-1-2-7;1-5(2,3)4;;/h7H,1-3H2,(H,4,5,6);1H3,(H,2,3,4);;/q;;2*+1/p-2. The van der Waals surface area contributed by atoms with Crippen molar-refractivity contribution in [2.45, 2.75) is 6.42 Å². The van der Waals surface area contributed by atoms with Crippen LogP contribution in [0, 0.1) is 0 Å². The van der Waals surface area contributed by atoms with Crippen molar-refractivity contribution in [2.24, 2.45) is 0 Å². The van der Waals surface area contributed by atoms with Gasteiger partial charge in [0.05, 0.1) is 20.2 Å². The van der Waals surface area contributed by atoms with E-state index in [1.807, 2.05) is 0 Å². The summed E-state index contributed by atoms with van der Waals surface area (Å²) in [4.78, 5) is 0. The second-order valence-electron chi connectivity index (χ2n) is 2.04. The maximum atomic E-state index is 9.80. The molecule has 0 radical (unpaired) electrons. The van der Waals surface area contributed by atoms with E-state index >= 15 is 0 Å². The first-order valence-corrected chi connectivity index (χ1v) is 7.04. The van der Waals surface area contributed by atoms with Gasteiger partial charge in [-0.1, -0.05) is 0 Å². The topological polar surface area (TPSA) is 114 Å². The average molecular weight is 329 g/mol. The molecule has 15 heavy (non-hydrogen) atoms. The third-order valence-electron chi connectivity index (χ3n) is 0.552. The molecule has 0 saturated carbocycles. The van der Waals surface area contributed by atoms with Crippen LogP contribution in [-0.4, -0.2) is 43.7 Å². The summed E-state index contributed by atoms with van der Waals surface area (Å²) in [6, 6.07) is 0. The SMILES string of the molecule is CS(=O)(=O)[O-].O=S(=O)([O-])CCCS.[K+].[K+]. The predicted molar refractivity (Wildman–Crippen MR) is 48.7 cm³/mol. The Hall–Kier alpha value is 3.44. The molecule has 82 valence electrons. The monoisotopic (exact) mass is 328 g/mol. The van der Waals surface area contributed by atoms with Gasteiger partial charge in [0.25, 0.3) is 0 Å². The van der Waals surface area contributed by atoms with E-state index in [9.17, 15) is 13.0 Å². The van der Waals surface area contributed by atoms with Gasteiger partial charge in [0.2, 0.25) is 0 Å². The van der Waals surface area contributed by atoms with E-state index in [1.165, 1.54) is 0 Å². The van der Waals surface area contributed by atoms with Gasteiger partial charge in [-0.15, -0.1) is 0 Å². The molecule has 0 aliphatic rings. The van der Waals surface area contributed by atoms with Gasteiger partial charge in [-0.05, 0) is 12.2 Å². The molecule has 0 atom stereocenters. The van der Waals surface area contributed by atoms with Gasteiger partial charge >= 0.3 is 103 Å². The second kappa shape index (κ2) is 13.9. The van der Waals surface area contributed by atoms with Crippen molar-refractivity contribution in [3.8, 4) is 0 Å². The van der Waals surface area contributed by atoms with Crippen LogP contribution < -0.4 is 103 Å². The van der Waals surface area contributed by atoms with Gasteiger partial charge in [0, 0.05) is 12.0 Å². The molecule has 0 aliphatic carbocycles. The molecule has 0 aromatic carbocycles. The molecule has 11 heteroatoms. The van der Waals surface area contributed by atoms with Gasteiger partial charge in [-0.25, -0.2) is 16.8 Å². The Bertz CT molecular complexity index is 301. The van der Waals surface area contributed by atoms with Gasteiger partial charge in [0.15, 0.2) is 0 Å². The summed E-state index contributed by atoms with van der Waals surface area (Å²) in [5.74, 6) is 0.151. The average Bonchev–Trinajstić information content (AvgIpc) is 1.77. The molecule has 0 saturated heterocycles. The molecule has 0 N–H and O–H groups in total. The van der Waals surface area contributed by atoms with E-state index in [1.54, 1.807) is 0 Å². The zero-order chi connectivity index (χ0) is 11.1. The van der Waals surface area contributed by atoms with Gasteiger partial charge < -0.3 is 9.11 Å². The normalized spacial score (nSPS) is 10.1. The van der Waals surface area contributed by atoms with Gasteiger partial charge in [-0.3, -0.25) is 0 Å². The zero-order valence-corrected chi connectivity index (χ0v) is 17.6. The van der Waals surface area contributed by atoms with E-state index in [0.29, 0.717) is 18.4 Å². The largest absolute Gasteiger partial charge is 1.00 e. The maximum Gasteiger partial charge on any atom is 1.00 e. The first kappa shape index (κ1) is 26.9. The van der Waals surface area contributed by atoms with Crippen molar-refractivity contribution in [3.05, 3.63) is 0 Å². The molecule has 0 amide bonds. The van der Waals surface area contributed by atoms with Crippen molar-refractivity contribution in [2.75, 3.05) is 17.8 Å². The molecular weight excluding hydrogens is 318 g/mol. The molecule has 0 bridgehead atoms. The van der Waals surface area contributed by atoms with E-state index in [4.69, 9.17) is 13.0 Å². The Labute approximate surface area is 181 Å². The first-order valence-electron chi connectivity index (χ1n) is 3.01. The smallest absolute Gasteiger partial charge is 0.748 e. The molecule has 0 heterocycles. The Morgan fingerprint density at radius 1 is 1.07 bits per heavy atom. The van der Waals surface area contributed by atoms with E-state index < -0.39 is 20.2 Å². The summed E-state index contributed by atoms with van der Waals surface area (Å²) in [6.45, 7) is 0. The molecule has 0 unspecified atom stereocenters. The Morgan fingerprint density at radius 2 is 1.33 bits per heavy atom. The van der Waals surface area contributed by atoms with Crippen LogP contribution in [0.15, 0.2) is 0 Å². The molecule has 0 aromatic rings. The summed E-state index contributed by atoms with van der Waals surface area (Å²) in [7, 11) is -7.90. The minimum absolute atomic E-state index is 0. The zero-order valence-electron chi connectivity index (χ0n) is 8.83. The minimum Gasteiger partial charge on any atom is -0.748 e. The second-order valence-corrected chi connectivity index (χ2v) is 5.42. The Morgan fingerprint density at radius 3 is 1.40 bits per heavy atom. The third kappa shape index (κ3) is 58.4. The van der Waals surface area contributed by atoms with Crippen molar-refractivity contribution >= 4 is 32.9 Å². The molecule has 0 aliphatic heterocycles. The van der Waals surface area contributed by atoms with Gasteiger partial charge in [-0.2, -0.15) is 12.6 Å². The fraction of sp³-hybridized carbons (Fsp3) is 1.00. The number of hydrogen-bond acceptors (Lipinski definition) is 7. The quantitative estimate of drug-likeness (QED) is 0.313. The number of thiol groups is 1. The van der Waals surface area contributed by atoms with Crippen molar-refractivity contribution < 1.29 is 129 Å². The van der Waals surface area contributed by atoms with Crippen LogP contribution in [0.5, 0.6) is 0 Å². The Kier molecular flexibility index (Phi) is 24.9. The Balaban J connectivity index is -0.0000000770. The van der Waals surface area contributed by atoms with Crippen LogP contribution in [0.4, 0.5) is 0 Å². The van der Waals surface area contributed by atoms with Gasteiger partial charge in [0.1, 0.15) is 0 Å². The number of rotatable bonds is 3. The molecule has 0 aromatic heterocycles. The summed E-state index contributed by atoms with van der Waals surface area (Å²) >= 11 is 3.73. The first-order chi connectivity index (χ1) is 5.56. The summed E-state index contributed by atoms with van der Waals surface area (Å²) < 4.78 is 56.6. The minimum atomic E-state index is -3.99. The predicted octanol–water partition coefficient (Wildman–Crippen LogP) is -6.98. The van der Waals surface area contributed by atoms with E-state index in [2.05, 4.69) is 12.6 Å². The third-order valence-corrected chi connectivity index (χ3v) is 1.66. The molecule has 6 nitrogen and oxygen atoms in total.